The van der Waals surface area contributed by atoms with Crippen LogP contribution in [0.1, 0.15) is 10.5 Å². The zero-order chi connectivity index (χ0) is 14.8. The summed E-state index contributed by atoms with van der Waals surface area (Å²) in [7, 11) is 0. The number of aromatic amines is 1. The first kappa shape index (κ1) is 13.2. The molecule has 0 radical (unpaired) electrons. The van der Waals surface area contributed by atoms with E-state index in [1.807, 2.05) is 0 Å². The standard InChI is InChI=1S/C13H8ClN5O2/c14-9-5-6-15-13(16-9)17-12(21)10-7-3-1-2-4-8(7)11(20)19-18-10/h1-6H,(H,19,20)(H,15,16,17,21). The Balaban J connectivity index is 2.03. The van der Waals surface area contributed by atoms with Gasteiger partial charge in [0.1, 0.15) is 5.15 Å². The number of benzene rings is 1. The van der Waals surface area contributed by atoms with Gasteiger partial charge < -0.3 is 0 Å². The number of hydrogen-bond acceptors (Lipinski definition) is 5. The highest BCUT2D eigenvalue weighted by atomic mass is 35.5. The Kier molecular flexibility index (Phi) is 3.33. The Morgan fingerprint density at radius 1 is 1.19 bits per heavy atom. The highest BCUT2D eigenvalue weighted by molar-refractivity contribution is 6.29. The minimum Gasteiger partial charge on any atom is -0.289 e. The molecule has 0 fully saturated rings. The second kappa shape index (κ2) is 5.29. The number of anilines is 1. The number of aromatic nitrogens is 4. The molecule has 0 saturated carbocycles. The summed E-state index contributed by atoms with van der Waals surface area (Å²) < 4.78 is 0. The molecule has 21 heavy (non-hydrogen) atoms. The molecule has 1 amide bonds. The summed E-state index contributed by atoms with van der Waals surface area (Å²) in [6.07, 6.45) is 1.42. The normalized spacial score (nSPS) is 10.5. The Morgan fingerprint density at radius 2 is 1.95 bits per heavy atom. The van der Waals surface area contributed by atoms with Crippen molar-refractivity contribution in [2.45, 2.75) is 0 Å². The van der Waals surface area contributed by atoms with Gasteiger partial charge >= 0.3 is 0 Å². The van der Waals surface area contributed by atoms with Crippen LogP contribution in [0.5, 0.6) is 0 Å². The summed E-state index contributed by atoms with van der Waals surface area (Å²) in [4.78, 5) is 31.6. The third-order valence-electron chi connectivity index (χ3n) is 2.76. The molecule has 0 unspecified atom stereocenters. The number of carbonyl (C=O) groups is 1. The number of nitrogens with one attached hydrogen (secondary N) is 2. The maximum atomic E-state index is 12.2. The molecule has 2 aromatic heterocycles. The van der Waals surface area contributed by atoms with Crippen LogP contribution in [0.2, 0.25) is 5.15 Å². The fourth-order valence-electron chi connectivity index (χ4n) is 1.85. The van der Waals surface area contributed by atoms with E-state index in [2.05, 4.69) is 25.5 Å². The van der Waals surface area contributed by atoms with Gasteiger partial charge in [-0.05, 0) is 12.1 Å². The summed E-state index contributed by atoms with van der Waals surface area (Å²) in [6.45, 7) is 0. The summed E-state index contributed by atoms with van der Waals surface area (Å²) in [5.41, 5.74) is -0.282. The fourth-order valence-corrected chi connectivity index (χ4v) is 1.98. The van der Waals surface area contributed by atoms with Gasteiger partial charge in [0.05, 0.1) is 5.39 Å². The molecule has 0 saturated heterocycles. The average molecular weight is 302 g/mol. The van der Waals surface area contributed by atoms with E-state index in [0.29, 0.717) is 10.8 Å². The van der Waals surface area contributed by atoms with Crippen LogP contribution in [0, 0.1) is 0 Å². The van der Waals surface area contributed by atoms with E-state index in [1.165, 1.54) is 12.3 Å². The van der Waals surface area contributed by atoms with Gasteiger partial charge in [0, 0.05) is 11.6 Å². The molecule has 0 atom stereocenters. The van der Waals surface area contributed by atoms with Gasteiger partial charge in [-0.3, -0.25) is 14.9 Å². The highest BCUT2D eigenvalue weighted by Crippen LogP contribution is 2.14. The van der Waals surface area contributed by atoms with E-state index in [0.717, 1.165) is 0 Å². The maximum absolute atomic E-state index is 12.2. The average Bonchev–Trinajstić information content (AvgIpc) is 2.48. The van der Waals surface area contributed by atoms with Gasteiger partial charge in [-0.15, -0.1) is 0 Å². The first-order valence-electron chi connectivity index (χ1n) is 5.92. The lowest BCUT2D eigenvalue weighted by Crippen LogP contribution is -2.20. The van der Waals surface area contributed by atoms with Crippen LogP contribution in [0.25, 0.3) is 10.8 Å². The van der Waals surface area contributed by atoms with Crippen LogP contribution in [0.15, 0.2) is 41.3 Å². The van der Waals surface area contributed by atoms with Crippen molar-refractivity contribution in [3.05, 3.63) is 57.7 Å². The predicted octanol–water partition coefficient (Wildman–Crippen LogP) is 1.62. The van der Waals surface area contributed by atoms with E-state index in [4.69, 9.17) is 11.6 Å². The van der Waals surface area contributed by atoms with Crippen molar-refractivity contribution in [3.8, 4) is 0 Å². The molecule has 0 aliphatic heterocycles. The largest absolute Gasteiger partial charge is 0.289 e. The number of hydrogen-bond donors (Lipinski definition) is 2. The molecule has 7 nitrogen and oxygen atoms in total. The lowest BCUT2D eigenvalue weighted by molar-refractivity contribution is 0.102. The molecular formula is C13H8ClN5O2. The zero-order valence-electron chi connectivity index (χ0n) is 10.5. The number of halogens is 1. The van der Waals surface area contributed by atoms with Crippen molar-refractivity contribution in [2.24, 2.45) is 0 Å². The Hall–Kier alpha value is -2.80. The molecular weight excluding hydrogens is 294 g/mol. The van der Waals surface area contributed by atoms with Gasteiger partial charge in [0.25, 0.3) is 11.5 Å². The van der Waals surface area contributed by atoms with Crippen LogP contribution >= 0.6 is 11.6 Å². The van der Waals surface area contributed by atoms with E-state index in [-0.39, 0.29) is 22.4 Å². The van der Waals surface area contributed by atoms with Crippen LogP contribution in [-0.4, -0.2) is 26.1 Å². The smallest absolute Gasteiger partial charge is 0.279 e. The molecule has 104 valence electrons. The zero-order valence-corrected chi connectivity index (χ0v) is 11.3. The van der Waals surface area contributed by atoms with Crippen LogP contribution < -0.4 is 10.9 Å². The van der Waals surface area contributed by atoms with Crippen molar-refractivity contribution in [3.63, 3.8) is 0 Å². The summed E-state index contributed by atoms with van der Waals surface area (Å²) >= 11 is 5.72. The summed E-state index contributed by atoms with van der Waals surface area (Å²) in [5, 5.41) is 9.59. The first-order chi connectivity index (χ1) is 10.1. The molecule has 8 heteroatoms. The molecule has 0 aliphatic carbocycles. The number of carbonyl (C=O) groups excluding carboxylic acids is 1. The molecule has 3 aromatic rings. The lowest BCUT2D eigenvalue weighted by atomic mass is 10.1. The van der Waals surface area contributed by atoms with Crippen molar-refractivity contribution < 1.29 is 4.79 Å². The number of H-pyrrole nitrogens is 1. The van der Waals surface area contributed by atoms with Crippen molar-refractivity contribution >= 4 is 34.2 Å². The van der Waals surface area contributed by atoms with E-state index >= 15 is 0 Å². The number of fused-ring (bicyclic) bond motifs is 1. The minimum atomic E-state index is -0.537. The lowest BCUT2D eigenvalue weighted by Gasteiger charge is -2.05. The highest BCUT2D eigenvalue weighted by Gasteiger charge is 2.15. The first-order valence-corrected chi connectivity index (χ1v) is 6.30. The second-order valence-corrected chi connectivity index (χ2v) is 4.49. The van der Waals surface area contributed by atoms with Crippen LogP contribution in [0.3, 0.4) is 0 Å². The van der Waals surface area contributed by atoms with Crippen molar-refractivity contribution in [1.29, 1.82) is 0 Å². The van der Waals surface area contributed by atoms with Crippen LogP contribution in [-0.2, 0) is 0 Å². The van der Waals surface area contributed by atoms with Crippen LogP contribution in [0.4, 0.5) is 5.95 Å². The quantitative estimate of drug-likeness (QED) is 0.700. The predicted molar refractivity (Wildman–Crippen MR) is 77.4 cm³/mol. The topological polar surface area (TPSA) is 101 Å². The molecule has 3 rings (SSSR count). The SMILES string of the molecule is O=C(Nc1nccc(Cl)n1)c1n[nH]c(=O)c2ccccc12. The van der Waals surface area contributed by atoms with Crippen molar-refractivity contribution in [1.82, 2.24) is 20.2 Å². The summed E-state index contributed by atoms with van der Waals surface area (Å²) in [5.74, 6) is -0.478. The molecule has 0 aliphatic rings. The summed E-state index contributed by atoms with van der Waals surface area (Å²) in [6, 6.07) is 8.17. The van der Waals surface area contributed by atoms with E-state index in [1.54, 1.807) is 24.3 Å². The van der Waals surface area contributed by atoms with Crippen molar-refractivity contribution in [2.75, 3.05) is 5.32 Å². The number of amides is 1. The Labute approximate surface area is 123 Å². The van der Waals surface area contributed by atoms with Gasteiger partial charge in [-0.2, -0.15) is 5.10 Å². The molecule has 0 bridgehead atoms. The monoisotopic (exact) mass is 301 g/mol. The Morgan fingerprint density at radius 3 is 2.71 bits per heavy atom. The van der Waals surface area contributed by atoms with Gasteiger partial charge in [-0.25, -0.2) is 15.1 Å². The number of rotatable bonds is 2. The van der Waals surface area contributed by atoms with E-state index in [9.17, 15) is 9.59 Å². The third kappa shape index (κ3) is 2.59. The Bertz CT molecular complexity index is 893. The van der Waals surface area contributed by atoms with Gasteiger partial charge in [0.15, 0.2) is 5.69 Å². The number of nitrogens with zero attached hydrogens (tertiary/aromatic N) is 3. The maximum Gasteiger partial charge on any atom is 0.279 e. The molecule has 2 N–H and O–H groups in total. The third-order valence-corrected chi connectivity index (χ3v) is 2.97. The molecule has 1 aromatic carbocycles. The fraction of sp³-hybridized carbons (Fsp3) is 0. The van der Waals surface area contributed by atoms with Gasteiger partial charge in [0.2, 0.25) is 5.95 Å². The van der Waals surface area contributed by atoms with Gasteiger partial charge in [-0.1, -0.05) is 29.8 Å². The molecule has 2 heterocycles. The second-order valence-electron chi connectivity index (χ2n) is 4.10. The minimum absolute atomic E-state index is 0.0598. The van der Waals surface area contributed by atoms with E-state index < -0.39 is 5.91 Å². The molecule has 0 spiro atoms.